The topological polar surface area (TPSA) is 55.6 Å². The van der Waals surface area contributed by atoms with Gasteiger partial charge in [-0.15, -0.1) is 0 Å². The van der Waals surface area contributed by atoms with Crippen molar-refractivity contribution >= 4 is 0 Å². The number of hydrogen-bond donors (Lipinski definition) is 1. The summed E-state index contributed by atoms with van der Waals surface area (Å²) in [6, 6.07) is 4.11. The van der Waals surface area contributed by atoms with Crippen LogP contribution in [0, 0.1) is 6.92 Å². The number of nitrogens with one attached hydrogen (secondary N) is 1. The van der Waals surface area contributed by atoms with Gasteiger partial charge in [0, 0.05) is 17.8 Å². The van der Waals surface area contributed by atoms with Crippen LogP contribution in [-0.2, 0) is 6.54 Å². The van der Waals surface area contributed by atoms with E-state index in [0.717, 1.165) is 18.1 Å². The van der Waals surface area contributed by atoms with Gasteiger partial charge >= 0.3 is 0 Å². The van der Waals surface area contributed by atoms with Gasteiger partial charge in [0.1, 0.15) is 12.7 Å². The summed E-state index contributed by atoms with van der Waals surface area (Å²) in [4.78, 5) is 8.39. The molecule has 0 unspecified atom stereocenters. The molecular formula is C13H19N5. The maximum Gasteiger partial charge on any atom is 0.155 e. The maximum absolute atomic E-state index is 4.45. The Morgan fingerprint density at radius 3 is 2.67 bits per heavy atom. The first kappa shape index (κ1) is 12.7. The molecule has 0 aliphatic carbocycles. The molecule has 1 N–H and O–H groups in total. The smallest absolute Gasteiger partial charge is 0.155 e. The Balaban J connectivity index is 2.22. The summed E-state index contributed by atoms with van der Waals surface area (Å²) >= 11 is 0. The highest BCUT2D eigenvalue weighted by molar-refractivity contribution is 5.29. The fraction of sp³-hybridized carbons (Fsp3) is 0.462. The third-order valence-electron chi connectivity index (χ3n) is 2.48. The van der Waals surface area contributed by atoms with E-state index in [9.17, 15) is 0 Å². The van der Waals surface area contributed by atoms with Gasteiger partial charge in [-0.2, -0.15) is 5.10 Å². The lowest BCUT2D eigenvalue weighted by atomic mass is 10.1. The van der Waals surface area contributed by atoms with Crippen molar-refractivity contribution < 1.29 is 0 Å². The van der Waals surface area contributed by atoms with Crippen molar-refractivity contribution in [2.75, 3.05) is 0 Å². The molecule has 2 aromatic rings. The van der Waals surface area contributed by atoms with Crippen molar-refractivity contribution in [1.82, 2.24) is 25.1 Å². The van der Waals surface area contributed by atoms with Crippen LogP contribution >= 0.6 is 0 Å². The monoisotopic (exact) mass is 245 g/mol. The summed E-state index contributed by atoms with van der Waals surface area (Å²) in [5, 5.41) is 7.57. The van der Waals surface area contributed by atoms with Crippen LogP contribution in [0.25, 0.3) is 5.82 Å². The van der Waals surface area contributed by atoms with Crippen LogP contribution in [0.4, 0.5) is 0 Å². The second kappa shape index (κ2) is 4.86. The van der Waals surface area contributed by atoms with Gasteiger partial charge in [0.05, 0.1) is 0 Å². The van der Waals surface area contributed by atoms with Crippen LogP contribution in [0.5, 0.6) is 0 Å². The van der Waals surface area contributed by atoms with E-state index in [4.69, 9.17) is 0 Å². The van der Waals surface area contributed by atoms with Gasteiger partial charge in [-0.1, -0.05) is 0 Å². The Morgan fingerprint density at radius 1 is 1.28 bits per heavy atom. The van der Waals surface area contributed by atoms with E-state index in [0.29, 0.717) is 0 Å². The Bertz CT molecular complexity index is 511. The quantitative estimate of drug-likeness (QED) is 0.896. The molecule has 0 fully saturated rings. The minimum absolute atomic E-state index is 0.102. The lowest BCUT2D eigenvalue weighted by Gasteiger charge is -2.20. The average molecular weight is 245 g/mol. The molecule has 0 aliphatic heterocycles. The Kier molecular flexibility index (Phi) is 3.43. The molecule has 0 aromatic carbocycles. The van der Waals surface area contributed by atoms with E-state index in [1.165, 1.54) is 11.9 Å². The molecule has 0 atom stereocenters. The van der Waals surface area contributed by atoms with Crippen molar-refractivity contribution in [1.29, 1.82) is 0 Å². The predicted octanol–water partition coefficient (Wildman–Crippen LogP) is 1.86. The van der Waals surface area contributed by atoms with Gasteiger partial charge in [-0.3, -0.25) is 0 Å². The summed E-state index contributed by atoms with van der Waals surface area (Å²) in [7, 11) is 0. The summed E-state index contributed by atoms with van der Waals surface area (Å²) in [6.45, 7) is 9.26. The molecular weight excluding hydrogens is 226 g/mol. The summed E-state index contributed by atoms with van der Waals surface area (Å²) in [6.07, 6.45) is 3.17. The van der Waals surface area contributed by atoms with Gasteiger partial charge in [0.15, 0.2) is 5.82 Å². The normalized spacial score (nSPS) is 11.8. The molecule has 0 amide bonds. The number of pyridine rings is 1. The van der Waals surface area contributed by atoms with Gasteiger partial charge in [0.25, 0.3) is 0 Å². The molecule has 2 rings (SSSR count). The van der Waals surface area contributed by atoms with E-state index in [1.807, 2.05) is 13.0 Å². The molecule has 0 saturated carbocycles. The van der Waals surface area contributed by atoms with Crippen LogP contribution in [-0.4, -0.2) is 25.3 Å². The third-order valence-corrected chi connectivity index (χ3v) is 2.48. The van der Waals surface area contributed by atoms with E-state index in [-0.39, 0.29) is 5.54 Å². The molecule has 0 saturated heterocycles. The predicted molar refractivity (Wildman–Crippen MR) is 70.5 cm³/mol. The Morgan fingerprint density at radius 2 is 2.06 bits per heavy atom. The zero-order valence-electron chi connectivity index (χ0n) is 11.3. The molecule has 18 heavy (non-hydrogen) atoms. The zero-order chi connectivity index (χ0) is 13.2. The first-order chi connectivity index (χ1) is 8.44. The van der Waals surface area contributed by atoms with E-state index < -0.39 is 0 Å². The average Bonchev–Trinajstić information content (AvgIpc) is 2.78. The van der Waals surface area contributed by atoms with E-state index in [2.05, 4.69) is 47.2 Å². The molecule has 0 radical (unpaired) electrons. The van der Waals surface area contributed by atoms with Crippen LogP contribution in [0.3, 0.4) is 0 Å². The van der Waals surface area contributed by atoms with Crippen LogP contribution in [0.1, 0.15) is 32.0 Å². The summed E-state index contributed by atoms with van der Waals surface area (Å²) < 4.78 is 1.67. The van der Waals surface area contributed by atoms with Gasteiger partial charge in [0.2, 0.25) is 0 Å². The first-order valence-corrected chi connectivity index (χ1v) is 6.02. The maximum atomic E-state index is 4.45. The van der Waals surface area contributed by atoms with E-state index in [1.54, 1.807) is 11.0 Å². The van der Waals surface area contributed by atoms with Crippen LogP contribution in [0.2, 0.25) is 0 Å². The Hall–Kier alpha value is -1.75. The lowest BCUT2D eigenvalue weighted by molar-refractivity contribution is 0.424. The third kappa shape index (κ3) is 3.37. The lowest BCUT2D eigenvalue weighted by Crippen LogP contribution is -2.35. The fourth-order valence-corrected chi connectivity index (χ4v) is 1.63. The van der Waals surface area contributed by atoms with Crippen molar-refractivity contribution in [3.8, 4) is 5.82 Å². The van der Waals surface area contributed by atoms with Gasteiger partial charge in [-0.05, 0) is 45.4 Å². The molecule has 2 heterocycles. The van der Waals surface area contributed by atoms with Crippen molar-refractivity contribution in [3.63, 3.8) is 0 Å². The second-order valence-electron chi connectivity index (χ2n) is 5.42. The van der Waals surface area contributed by atoms with Crippen molar-refractivity contribution in [2.45, 2.75) is 39.8 Å². The Labute approximate surface area is 107 Å². The second-order valence-corrected chi connectivity index (χ2v) is 5.42. The van der Waals surface area contributed by atoms with Crippen LogP contribution < -0.4 is 5.32 Å². The highest BCUT2D eigenvalue weighted by Crippen LogP contribution is 2.10. The molecule has 5 nitrogen and oxygen atoms in total. The summed E-state index contributed by atoms with van der Waals surface area (Å²) in [5.41, 5.74) is 2.28. The molecule has 0 bridgehead atoms. The molecule has 0 spiro atoms. The highest BCUT2D eigenvalue weighted by atomic mass is 15.3. The number of aromatic nitrogens is 4. The van der Waals surface area contributed by atoms with Gasteiger partial charge < -0.3 is 5.32 Å². The number of hydrogen-bond acceptors (Lipinski definition) is 4. The minimum Gasteiger partial charge on any atom is -0.308 e. The molecule has 0 aliphatic rings. The fourth-order valence-electron chi connectivity index (χ4n) is 1.63. The van der Waals surface area contributed by atoms with Crippen molar-refractivity contribution in [3.05, 3.63) is 36.0 Å². The van der Waals surface area contributed by atoms with Gasteiger partial charge in [-0.25, -0.2) is 14.6 Å². The largest absolute Gasteiger partial charge is 0.308 e. The SMILES string of the molecule is Cc1cc(CNC(C)(C)C)cc(-n2cncn2)n1. The van der Waals surface area contributed by atoms with Crippen LogP contribution in [0.15, 0.2) is 24.8 Å². The standard InChI is InChI=1S/C13H19N5/c1-10-5-11(7-15-13(2,3)4)6-12(17-10)18-9-14-8-16-18/h5-6,8-9,15H,7H2,1-4H3. The van der Waals surface area contributed by atoms with E-state index >= 15 is 0 Å². The molecule has 5 heteroatoms. The molecule has 2 aromatic heterocycles. The van der Waals surface area contributed by atoms with Crippen molar-refractivity contribution in [2.24, 2.45) is 0 Å². The first-order valence-electron chi connectivity index (χ1n) is 6.02. The number of rotatable bonds is 3. The highest BCUT2D eigenvalue weighted by Gasteiger charge is 2.09. The zero-order valence-corrected chi connectivity index (χ0v) is 11.3. The number of nitrogens with zero attached hydrogens (tertiary/aromatic N) is 4. The molecule has 96 valence electrons. The number of aryl methyl sites for hydroxylation is 1. The summed E-state index contributed by atoms with van der Waals surface area (Å²) in [5.74, 6) is 0.804. The minimum atomic E-state index is 0.102.